The summed E-state index contributed by atoms with van der Waals surface area (Å²) in [6.07, 6.45) is 0. The Morgan fingerprint density at radius 1 is 1.50 bits per heavy atom. The zero-order chi connectivity index (χ0) is 15.3. The molecule has 0 saturated carbocycles. The maximum atomic E-state index is 12.0. The number of hydrogen-bond acceptors (Lipinski definition) is 5. The molecule has 0 aliphatic heterocycles. The number of benzene rings is 1. The summed E-state index contributed by atoms with van der Waals surface area (Å²) in [7, 11) is 0. The number of amides is 1. The highest BCUT2D eigenvalue weighted by atomic mass is 35.5. The fourth-order valence-corrected chi connectivity index (χ4v) is 1.74. The van der Waals surface area contributed by atoms with Crippen molar-refractivity contribution in [2.75, 3.05) is 6.61 Å². The van der Waals surface area contributed by atoms with E-state index in [-0.39, 0.29) is 17.2 Å². The summed E-state index contributed by atoms with van der Waals surface area (Å²) in [4.78, 5) is 33.6. The predicted octanol–water partition coefficient (Wildman–Crippen LogP) is 1.93. The Kier molecular flexibility index (Phi) is 5.45. The Labute approximate surface area is 120 Å². The van der Waals surface area contributed by atoms with Crippen molar-refractivity contribution in [3.63, 3.8) is 0 Å². The number of halogens is 1. The summed E-state index contributed by atoms with van der Waals surface area (Å²) >= 11 is 5.81. The van der Waals surface area contributed by atoms with Crippen molar-refractivity contribution in [3.05, 3.63) is 38.9 Å². The molecule has 108 valence electrons. The molecule has 0 aromatic heterocycles. The van der Waals surface area contributed by atoms with E-state index in [1.807, 2.05) is 0 Å². The number of nitrogens with one attached hydrogen (secondary N) is 1. The van der Waals surface area contributed by atoms with Crippen LogP contribution in [0.2, 0.25) is 5.02 Å². The monoisotopic (exact) mass is 300 g/mol. The molecule has 1 unspecified atom stereocenters. The van der Waals surface area contributed by atoms with Gasteiger partial charge in [0.25, 0.3) is 11.6 Å². The van der Waals surface area contributed by atoms with Crippen LogP contribution in [0.4, 0.5) is 5.69 Å². The summed E-state index contributed by atoms with van der Waals surface area (Å²) in [6, 6.07) is 2.96. The van der Waals surface area contributed by atoms with Crippen LogP contribution < -0.4 is 5.32 Å². The first-order valence-corrected chi connectivity index (χ1v) is 6.16. The molecule has 1 rings (SSSR count). The fraction of sp³-hybridized carbons (Fsp3) is 0.333. The Morgan fingerprint density at radius 2 is 2.15 bits per heavy atom. The molecule has 1 amide bonds. The lowest BCUT2D eigenvalue weighted by atomic mass is 10.1. The van der Waals surface area contributed by atoms with E-state index in [9.17, 15) is 19.7 Å². The number of rotatable bonds is 5. The largest absolute Gasteiger partial charge is 0.464 e. The zero-order valence-corrected chi connectivity index (χ0v) is 11.6. The maximum Gasteiger partial charge on any atom is 0.328 e. The lowest BCUT2D eigenvalue weighted by molar-refractivity contribution is -0.385. The Bertz CT molecular complexity index is 547. The second kappa shape index (κ2) is 6.85. The average molecular weight is 301 g/mol. The van der Waals surface area contributed by atoms with Gasteiger partial charge in [-0.25, -0.2) is 4.79 Å². The Morgan fingerprint density at radius 3 is 2.70 bits per heavy atom. The van der Waals surface area contributed by atoms with E-state index in [1.54, 1.807) is 6.92 Å². The van der Waals surface area contributed by atoms with Crippen molar-refractivity contribution >= 4 is 29.2 Å². The number of nitrogens with zero attached hydrogens (tertiary/aromatic N) is 1. The molecule has 7 nitrogen and oxygen atoms in total. The quantitative estimate of drug-likeness (QED) is 0.509. The number of carbonyl (C=O) groups excluding carboxylic acids is 2. The SMILES string of the molecule is CCOC(=O)C(C)NC(=O)c1c(Cl)cccc1[N+](=O)[O-]. The first kappa shape index (κ1) is 15.9. The molecule has 1 atom stereocenters. The van der Waals surface area contributed by atoms with Crippen LogP contribution >= 0.6 is 11.6 Å². The summed E-state index contributed by atoms with van der Waals surface area (Å²) < 4.78 is 4.73. The molecule has 0 heterocycles. The number of esters is 1. The third kappa shape index (κ3) is 3.67. The van der Waals surface area contributed by atoms with Gasteiger partial charge in [0.05, 0.1) is 16.6 Å². The van der Waals surface area contributed by atoms with Gasteiger partial charge < -0.3 is 10.1 Å². The van der Waals surface area contributed by atoms with Crippen LogP contribution in [0.1, 0.15) is 24.2 Å². The molecule has 8 heteroatoms. The summed E-state index contributed by atoms with van der Waals surface area (Å²) in [5.41, 5.74) is -0.707. The van der Waals surface area contributed by atoms with Crippen LogP contribution in [-0.2, 0) is 9.53 Å². The third-order valence-electron chi connectivity index (χ3n) is 2.40. The van der Waals surface area contributed by atoms with Gasteiger partial charge in [0.15, 0.2) is 0 Å². The van der Waals surface area contributed by atoms with Crippen LogP contribution in [0.15, 0.2) is 18.2 Å². The van der Waals surface area contributed by atoms with Crippen LogP contribution in [-0.4, -0.2) is 29.4 Å². The minimum atomic E-state index is -0.932. The van der Waals surface area contributed by atoms with Gasteiger partial charge in [-0.05, 0) is 19.9 Å². The normalized spacial score (nSPS) is 11.6. The van der Waals surface area contributed by atoms with Gasteiger partial charge in [0.1, 0.15) is 11.6 Å². The number of nitro groups is 1. The van der Waals surface area contributed by atoms with Gasteiger partial charge in [-0.15, -0.1) is 0 Å². The van der Waals surface area contributed by atoms with Crippen molar-refractivity contribution < 1.29 is 19.2 Å². The maximum absolute atomic E-state index is 12.0. The number of hydrogen-bond donors (Lipinski definition) is 1. The summed E-state index contributed by atoms with van der Waals surface area (Å²) in [6.45, 7) is 3.22. The second-order valence-corrected chi connectivity index (χ2v) is 4.25. The van der Waals surface area contributed by atoms with E-state index < -0.39 is 28.5 Å². The molecule has 0 spiro atoms. The number of ether oxygens (including phenoxy) is 1. The van der Waals surface area contributed by atoms with Crippen LogP contribution in [0.3, 0.4) is 0 Å². The van der Waals surface area contributed by atoms with Crippen LogP contribution in [0.5, 0.6) is 0 Å². The second-order valence-electron chi connectivity index (χ2n) is 3.84. The van der Waals surface area contributed by atoms with Crippen molar-refractivity contribution in [1.82, 2.24) is 5.32 Å². The van der Waals surface area contributed by atoms with Crippen molar-refractivity contribution in [1.29, 1.82) is 0 Å². The first-order chi connectivity index (χ1) is 9.38. The predicted molar refractivity (Wildman–Crippen MR) is 71.7 cm³/mol. The van der Waals surface area contributed by atoms with E-state index in [2.05, 4.69) is 5.32 Å². The topological polar surface area (TPSA) is 98.5 Å². The Hall–Kier alpha value is -2.15. The molecule has 1 aromatic carbocycles. The highest BCUT2D eigenvalue weighted by Crippen LogP contribution is 2.26. The standard InChI is InChI=1S/C12H13ClN2O5/c1-3-20-12(17)7(2)14-11(16)10-8(13)5-4-6-9(10)15(18)19/h4-7H,3H2,1-2H3,(H,14,16). The third-order valence-corrected chi connectivity index (χ3v) is 2.72. The van der Waals surface area contributed by atoms with E-state index in [4.69, 9.17) is 16.3 Å². The van der Waals surface area contributed by atoms with E-state index in [0.717, 1.165) is 6.07 Å². The molecule has 0 aliphatic rings. The van der Waals surface area contributed by atoms with E-state index in [1.165, 1.54) is 19.1 Å². The molecule has 0 saturated heterocycles. The number of carbonyl (C=O) groups is 2. The van der Waals surface area contributed by atoms with Crippen molar-refractivity contribution in [2.45, 2.75) is 19.9 Å². The van der Waals surface area contributed by atoms with Gasteiger partial charge in [-0.2, -0.15) is 0 Å². The van der Waals surface area contributed by atoms with Crippen molar-refractivity contribution in [2.24, 2.45) is 0 Å². The molecule has 0 bridgehead atoms. The van der Waals surface area contributed by atoms with Gasteiger partial charge in [-0.3, -0.25) is 14.9 Å². The van der Waals surface area contributed by atoms with Gasteiger partial charge >= 0.3 is 5.97 Å². The molecular formula is C12H13ClN2O5. The smallest absolute Gasteiger partial charge is 0.328 e. The van der Waals surface area contributed by atoms with Gasteiger partial charge in [-0.1, -0.05) is 17.7 Å². The Balaban J connectivity index is 2.98. The van der Waals surface area contributed by atoms with Gasteiger partial charge in [0, 0.05) is 6.07 Å². The molecule has 20 heavy (non-hydrogen) atoms. The molecular weight excluding hydrogens is 288 g/mol. The minimum absolute atomic E-state index is 0.0623. The fourth-order valence-electron chi connectivity index (χ4n) is 1.48. The minimum Gasteiger partial charge on any atom is -0.464 e. The number of nitro benzene ring substituents is 1. The molecule has 1 aromatic rings. The molecule has 0 radical (unpaired) electrons. The highest BCUT2D eigenvalue weighted by Gasteiger charge is 2.26. The highest BCUT2D eigenvalue weighted by molar-refractivity contribution is 6.34. The van der Waals surface area contributed by atoms with E-state index >= 15 is 0 Å². The summed E-state index contributed by atoms with van der Waals surface area (Å²) in [5.74, 6) is -1.43. The zero-order valence-electron chi connectivity index (χ0n) is 10.9. The summed E-state index contributed by atoms with van der Waals surface area (Å²) in [5, 5.41) is 13.1. The lowest BCUT2D eigenvalue weighted by Crippen LogP contribution is -2.39. The lowest BCUT2D eigenvalue weighted by Gasteiger charge is -2.13. The molecule has 1 N–H and O–H groups in total. The first-order valence-electron chi connectivity index (χ1n) is 5.78. The van der Waals surface area contributed by atoms with E-state index in [0.29, 0.717) is 0 Å². The van der Waals surface area contributed by atoms with Gasteiger partial charge in [0.2, 0.25) is 0 Å². The molecule has 0 aliphatic carbocycles. The van der Waals surface area contributed by atoms with Crippen LogP contribution in [0.25, 0.3) is 0 Å². The van der Waals surface area contributed by atoms with Crippen LogP contribution in [0, 0.1) is 10.1 Å². The molecule has 0 fully saturated rings. The average Bonchev–Trinajstić information content (AvgIpc) is 2.38. The van der Waals surface area contributed by atoms with Crippen molar-refractivity contribution in [3.8, 4) is 0 Å².